The van der Waals surface area contributed by atoms with Crippen LogP contribution in [0, 0.1) is 0 Å². The van der Waals surface area contributed by atoms with E-state index in [4.69, 9.17) is 0 Å². The zero-order valence-corrected chi connectivity index (χ0v) is 11.3. The fourth-order valence-corrected chi connectivity index (χ4v) is 2.57. The molecule has 94 valence electrons. The summed E-state index contributed by atoms with van der Waals surface area (Å²) in [4.78, 5) is 2.46. The third-order valence-corrected chi connectivity index (χ3v) is 3.58. The van der Waals surface area contributed by atoms with E-state index < -0.39 is 0 Å². The maximum absolute atomic E-state index is 3.56. The van der Waals surface area contributed by atoms with Gasteiger partial charge in [-0.15, -0.1) is 0 Å². The number of hydrogen-bond donors (Lipinski definition) is 1. The van der Waals surface area contributed by atoms with Gasteiger partial charge in [-0.25, -0.2) is 0 Å². The number of nitrogens with zero attached hydrogens (tertiary/aromatic N) is 1. The molecule has 0 bridgehead atoms. The molecule has 0 amide bonds. The number of nitrogens with one attached hydrogen (secondary N) is 1. The molecule has 0 saturated heterocycles. The van der Waals surface area contributed by atoms with E-state index in [9.17, 15) is 0 Å². The number of fused-ring (bicyclic) bond motifs is 1. The van der Waals surface area contributed by atoms with E-state index in [1.54, 1.807) is 0 Å². The molecule has 1 aromatic rings. The molecule has 1 N–H and O–H groups in total. The molecule has 1 unspecified atom stereocenters. The highest BCUT2D eigenvalue weighted by molar-refractivity contribution is 5.62. The number of hydrogen-bond acceptors (Lipinski definition) is 2. The monoisotopic (exact) mass is 232 g/mol. The second-order valence-corrected chi connectivity index (χ2v) is 5.01. The summed E-state index contributed by atoms with van der Waals surface area (Å²) < 4.78 is 0. The van der Waals surface area contributed by atoms with E-state index in [1.807, 2.05) is 0 Å². The Balaban J connectivity index is 2.20. The smallest absolute Gasteiger partial charge is 0.0376 e. The van der Waals surface area contributed by atoms with Crippen LogP contribution in [0.3, 0.4) is 0 Å². The molecule has 2 rings (SSSR count). The van der Waals surface area contributed by atoms with Crippen molar-refractivity contribution < 1.29 is 0 Å². The quantitative estimate of drug-likeness (QED) is 0.852. The molecule has 2 heteroatoms. The van der Waals surface area contributed by atoms with Crippen LogP contribution in [-0.2, 0) is 6.42 Å². The van der Waals surface area contributed by atoms with Crippen molar-refractivity contribution >= 4 is 11.4 Å². The Kier molecular flexibility index (Phi) is 3.93. The molecular formula is C15H24N2. The summed E-state index contributed by atoms with van der Waals surface area (Å²) in [7, 11) is 0. The number of aryl methyl sites for hydroxylation is 1. The third kappa shape index (κ3) is 2.74. The fraction of sp³-hybridized carbons (Fsp3) is 0.600. The Bertz CT molecular complexity index is 373. The lowest BCUT2D eigenvalue weighted by Gasteiger charge is -2.28. The minimum atomic E-state index is 0.617. The molecule has 0 fully saturated rings. The van der Waals surface area contributed by atoms with E-state index in [1.165, 1.54) is 36.2 Å². The highest BCUT2D eigenvalue weighted by Crippen LogP contribution is 2.29. The first-order chi connectivity index (χ1) is 8.24. The maximum Gasteiger partial charge on any atom is 0.0376 e. The lowest BCUT2D eigenvalue weighted by atomic mass is 9.98. The van der Waals surface area contributed by atoms with E-state index in [0.29, 0.717) is 6.04 Å². The molecule has 0 aliphatic carbocycles. The van der Waals surface area contributed by atoms with Gasteiger partial charge in [-0.1, -0.05) is 6.92 Å². The number of anilines is 2. The molecular weight excluding hydrogens is 208 g/mol. The Morgan fingerprint density at radius 1 is 1.35 bits per heavy atom. The lowest BCUT2D eigenvalue weighted by molar-refractivity contribution is 0.680. The van der Waals surface area contributed by atoms with Crippen LogP contribution in [0.4, 0.5) is 11.4 Å². The average Bonchev–Trinajstić information content (AvgIpc) is 2.35. The Hall–Kier alpha value is -1.18. The summed E-state index contributed by atoms with van der Waals surface area (Å²) >= 11 is 0. The van der Waals surface area contributed by atoms with Gasteiger partial charge in [0.2, 0.25) is 0 Å². The lowest BCUT2D eigenvalue weighted by Crippen LogP contribution is -2.25. The molecule has 0 saturated carbocycles. The topological polar surface area (TPSA) is 15.3 Å². The summed E-state index contributed by atoms with van der Waals surface area (Å²) in [6.45, 7) is 8.97. The van der Waals surface area contributed by atoms with Crippen molar-refractivity contribution in [2.45, 2.75) is 46.1 Å². The van der Waals surface area contributed by atoms with Crippen LogP contribution in [0.1, 0.15) is 39.2 Å². The molecule has 17 heavy (non-hydrogen) atoms. The van der Waals surface area contributed by atoms with Crippen molar-refractivity contribution in [2.24, 2.45) is 0 Å². The first-order valence-electron chi connectivity index (χ1n) is 6.89. The number of benzene rings is 1. The van der Waals surface area contributed by atoms with Gasteiger partial charge in [0.1, 0.15) is 0 Å². The summed E-state index contributed by atoms with van der Waals surface area (Å²) in [5.74, 6) is 0. The van der Waals surface area contributed by atoms with Gasteiger partial charge in [0.05, 0.1) is 0 Å². The SMILES string of the molecule is CCCN(CC)c1ccc2c(c1)CCC(C)N2. The van der Waals surface area contributed by atoms with Crippen molar-refractivity contribution in [1.29, 1.82) is 0 Å². The van der Waals surface area contributed by atoms with Crippen LogP contribution >= 0.6 is 0 Å². The largest absolute Gasteiger partial charge is 0.382 e. The van der Waals surface area contributed by atoms with Crippen LogP contribution in [0.15, 0.2) is 18.2 Å². The van der Waals surface area contributed by atoms with Gasteiger partial charge in [0, 0.05) is 30.5 Å². The zero-order valence-electron chi connectivity index (χ0n) is 11.3. The Morgan fingerprint density at radius 3 is 2.88 bits per heavy atom. The first kappa shape index (κ1) is 12.3. The minimum absolute atomic E-state index is 0.617. The molecule has 0 aromatic heterocycles. The number of rotatable bonds is 4. The molecule has 1 aliphatic rings. The standard InChI is InChI=1S/C15H24N2/c1-4-10-17(5-2)14-8-9-15-13(11-14)7-6-12(3)16-15/h8-9,11-12,16H,4-7,10H2,1-3H3. The molecule has 1 heterocycles. The van der Waals surface area contributed by atoms with Gasteiger partial charge in [0.25, 0.3) is 0 Å². The van der Waals surface area contributed by atoms with Crippen LogP contribution in [-0.4, -0.2) is 19.1 Å². The maximum atomic E-state index is 3.56. The molecule has 1 atom stereocenters. The van der Waals surface area contributed by atoms with Crippen molar-refractivity contribution in [1.82, 2.24) is 0 Å². The second kappa shape index (κ2) is 5.44. The Morgan fingerprint density at radius 2 is 2.18 bits per heavy atom. The molecule has 0 radical (unpaired) electrons. The van der Waals surface area contributed by atoms with Gasteiger partial charge in [-0.05, 0) is 56.9 Å². The van der Waals surface area contributed by atoms with Crippen LogP contribution in [0.5, 0.6) is 0 Å². The molecule has 0 spiro atoms. The summed E-state index contributed by atoms with van der Waals surface area (Å²) in [5, 5.41) is 3.56. The van der Waals surface area contributed by atoms with Gasteiger partial charge in [-0.3, -0.25) is 0 Å². The fourth-order valence-electron chi connectivity index (χ4n) is 2.57. The molecule has 1 aromatic carbocycles. The van der Waals surface area contributed by atoms with E-state index in [2.05, 4.69) is 49.2 Å². The van der Waals surface area contributed by atoms with Crippen LogP contribution in [0.2, 0.25) is 0 Å². The van der Waals surface area contributed by atoms with Crippen molar-refractivity contribution in [2.75, 3.05) is 23.3 Å². The minimum Gasteiger partial charge on any atom is -0.382 e. The highest BCUT2D eigenvalue weighted by Gasteiger charge is 2.15. The first-order valence-corrected chi connectivity index (χ1v) is 6.89. The Labute approximate surface area is 105 Å². The van der Waals surface area contributed by atoms with Crippen molar-refractivity contribution in [3.05, 3.63) is 23.8 Å². The van der Waals surface area contributed by atoms with Crippen molar-refractivity contribution in [3.63, 3.8) is 0 Å². The second-order valence-electron chi connectivity index (χ2n) is 5.01. The third-order valence-electron chi connectivity index (χ3n) is 3.58. The van der Waals surface area contributed by atoms with Gasteiger partial charge >= 0.3 is 0 Å². The van der Waals surface area contributed by atoms with Crippen LogP contribution < -0.4 is 10.2 Å². The summed E-state index contributed by atoms with van der Waals surface area (Å²) in [6.07, 6.45) is 3.66. The van der Waals surface area contributed by atoms with Crippen LogP contribution in [0.25, 0.3) is 0 Å². The van der Waals surface area contributed by atoms with E-state index >= 15 is 0 Å². The van der Waals surface area contributed by atoms with Gasteiger partial charge < -0.3 is 10.2 Å². The normalized spacial score (nSPS) is 18.4. The van der Waals surface area contributed by atoms with Gasteiger partial charge in [-0.2, -0.15) is 0 Å². The molecule has 2 nitrogen and oxygen atoms in total. The predicted octanol–water partition coefficient (Wildman–Crippen LogP) is 3.67. The van der Waals surface area contributed by atoms with Crippen molar-refractivity contribution in [3.8, 4) is 0 Å². The van der Waals surface area contributed by atoms with E-state index in [-0.39, 0.29) is 0 Å². The summed E-state index contributed by atoms with van der Waals surface area (Å²) in [5.41, 5.74) is 4.19. The zero-order chi connectivity index (χ0) is 12.3. The highest BCUT2D eigenvalue weighted by atomic mass is 15.1. The van der Waals surface area contributed by atoms with E-state index in [0.717, 1.165) is 13.1 Å². The average molecular weight is 232 g/mol. The predicted molar refractivity (Wildman–Crippen MR) is 76.0 cm³/mol. The van der Waals surface area contributed by atoms with Gasteiger partial charge in [0.15, 0.2) is 0 Å². The molecule has 1 aliphatic heterocycles. The summed E-state index contributed by atoms with van der Waals surface area (Å²) in [6, 6.07) is 7.49.